The van der Waals surface area contributed by atoms with Gasteiger partial charge in [-0.1, -0.05) is 44.2 Å². The first-order valence-electron chi connectivity index (χ1n) is 18.1. The highest BCUT2D eigenvalue weighted by atomic mass is 32.2. The molecule has 57 heavy (non-hydrogen) atoms. The van der Waals surface area contributed by atoms with Crippen LogP contribution in [0.4, 0.5) is 5.69 Å². The Morgan fingerprint density at radius 2 is 1.60 bits per heavy atom. The van der Waals surface area contributed by atoms with Gasteiger partial charge < -0.3 is 9.74 Å². The highest BCUT2D eigenvalue weighted by molar-refractivity contribution is 8.14. The van der Waals surface area contributed by atoms with Crippen molar-refractivity contribution >= 4 is 70.5 Å². The van der Waals surface area contributed by atoms with Crippen molar-refractivity contribution < 1.29 is 53.6 Å². The van der Waals surface area contributed by atoms with Crippen LogP contribution in [0, 0.1) is 6.92 Å². The molecule has 0 unspecified atom stereocenters. The molecule has 0 spiro atoms. The Morgan fingerprint density at radius 3 is 2.23 bits per heavy atom. The number of rotatable bonds is 18. The zero-order chi connectivity index (χ0) is 42.3. The zero-order valence-corrected chi connectivity index (χ0v) is 35.6. The van der Waals surface area contributed by atoms with E-state index in [1.54, 1.807) is 30.4 Å². The standard InChI is InChI=1S/C37H48N4O12S4/c1-26-15-16-27(56(48,49)39(4)5)25-31(26)54-33(38-21-8-10-23-55(45,46)47)13-11-12-32-37(2,3)29-24-28(57(50,51)52)17-18-30(29)40(32)22-9-6-7-14-36(44)53-41-34(42)19-20-35(41)43/h11-13,15-18,24-25H,6-10,14,19-23H2,1-5H3,(H,45,46,47)(H,50,51,52)/b13-11+,32-12+,38-33?. The van der Waals surface area contributed by atoms with Crippen molar-refractivity contribution in [1.29, 1.82) is 0 Å². The molecule has 2 aliphatic heterocycles. The number of aliphatic imine (C=N–C) groups is 1. The molecule has 0 saturated carbocycles. The van der Waals surface area contributed by atoms with Crippen LogP contribution in [-0.2, 0) is 54.9 Å². The molecule has 2 N–H and O–H groups in total. The van der Waals surface area contributed by atoms with Crippen LogP contribution in [-0.4, -0.2) is 99.5 Å². The third kappa shape index (κ3) is 12.1. The Kier molecular flexibility index (Phi) is 15.1. The highest BCUT2D eigenvalue weighted by Gasteiger charge is 2.40. The number of hydrogen-bond acceptors (Lipinski definition) is 13. The van der Waals surface area contributed by atoms with E-state index < -0.39 is 59.2 Å². The Balaban J connectivity index is 1.61. The molecule has 0 bridgehead atoms. The van der Waals surface area contributed by atoms with Gasteiger partial charge in [0.1, 0.15) is 0 Å². The maximum atomic E-state index is 12.9. The lowest BCUT2D eigenvalue weighted by molar-refractivity contribution is -0.197. The van der Waals surface area contributed by atoms with Gasteiger partial charge in [0.05, 0.1) is 20.6 Å². The lowest BCUT2D eigenvalue weighted by Crippen LogP contribution is -2.32. The molecular weight excluding hydrogens is 821 g/mol. The van der Waals surface area contributed by atoms with Crippen molar-refractivity contribution in [2.75, 3.05) is 37.8 Å². The lowest BCUT2D eigenvalue weighted by Gasteiger charge is -2.27. The summed E-state index contributed by atoms with van der Waals surface area (Å²) in [5.74, 6) is -2.21. The van der Waals surface area contributed by atoms with Crippen molar-refractivity contribution in [3.8, 4) is 0 Å². The molecule has 20 heteroatoms. The Labute approximate surface area is 338 Å². The maximum absolute atomic E-state index is 12.9. The topological polar surface area (TPSA) is 225 Å². The fraction of sp³-hybridized carbons (Fsp3) is 0.459. The number of fused-ring (bicyclic) bond motifs is 1. The molecular formula is C37H48N4O12S4. The molecule has 2 amide bonds. The average molecular weight is 869 g/mol. The number of imide groups is 1. The number of unbranched alkanes of at least 4 members (excludes halogenated alkanes) is 3. The van der Waals surface area contributed by atoms with Crippen LogP contribution in [0.15, 0.2) is 80.0 Å². The highest BCUT2D eigenvalue weighted by Crippen LogP contribution is 2.48. The molecule has 0 aromatic heterocycles. The second-order valence-corrected chi connectivity index (χ2v) is 20.4. The lowest BCUT2D eigenvalue weighted by atomic mass is 9.83. The van der Waals surface area contributed by atoms with Crippen LogP contribution in [0.3, 0.4) is 0 Å². The number of carbonyl (C=O) groups excluding carboxylic acids is 3. The average Bonchev–Trinajstić information content (AvgIpc) is 3.53. The second-order valence-electron chi connectivity index (χ2n) is 14.2. The third-order valence-electron chi connectivity index (χ3n) is 9.35. The van der Waals surface area contributed by atoms with Gasteiger partial charge in [-0.3, -0.25) is 23.7 Å². The summed E-state index contributed by atoms with van der Waals surface area (Å²) in [6.07, 6.45) is 7.43. The summed E-state index contributed by atoms with van der Waals surface area (Å²) >= 11 is 1.22. The quantitative estimate of drug-likeness (QED) is 0.0499. The summed E-state index contributed by atoms with van der Waals surface area (Å²) in [5, 5.41) is 1.00. The number of amides is 2. The first kappa shape index (κ1) is 45.8. The van der Waals surface area contributed by atoms with Gasteiger partial charge in [-0.25, -0.2) is 17.5 Å². The number of hydroxylamine groups is 2. The van der Waals surface area contributed by atoms with Crippen molar-refractivity contribution in [1.82, 2.24) is 9.37 Å². The van der Waals surface area contributed by atoms with Gasteiger partial charge in [-0.05, 0) is 86.2 Å². The summed E-state index contributed by atoms with van der Waals surface area (Å²) in [6, 6.07) is 9.16. The molecule has 0 radical (unpaired) electrons. The summed E-state index contributed by atoms with van der Waals surface area (Å²) in [4.78, 5) is 48.0. The molecule has 1 fully saturated rings. The molecule has 4 rings (SSSR count). The number of allylic oxidation sites excluding steroid dienone is 3. The number of aryl methyl sites for hydroxylation is 1. The number of anilines is 1. The Bertz CT molecular complexity index is 2290. The van der Waals surface area contributed by atoms with Gasteiger partial charge in [0.15, 0.2) is 0 Å². The number of nitrogens with zero attached hydrogens (tertiary/aromatic N) is 4. The number of hydrogen-bond donors (Lipinski definition) is 2. The van der Waals surface area contributed by atoms with E-state index in [1.807, 2.05) is 31.7 Å². The summed E-state index contributed by atoms with van der Waals surface area (Å²) in [7, 11) is -9.50. The molecule has 1 saturated heterocycles. The molecule has 2 heterocycles. The zero-order valence-electron chi connectivity index (χ0n) is 32.4. The first-order valence-corrected chi connectivity index (χ1v) is 23.4. The van der Waals surface area contributed by atoms with E-state index in [4.69, 9.17) is 9.39 Å². The molecule has 16 nitrogen and oxygen atoms in total. The fourth-order valence-electron chi connectivity index (χ4n) is 6.18. The largest absolute Gasteiger partial charge is 0.344 e. The number of carbonyl (C=O) groups is 3. The van der Waals surface area contributed by atoms with Gasteiger partial charge in [0.25, 0.3) is 32.1 Å². The first-order chi connectivity index (χ1) is 26.5. The number of thioether (sulfide) groups is 1. The predicted octanol–water partition coefficient (Wildman–Crippen LogP) is 5.06. The fourth-order valence-corrected chi connectivity index (χ4v) is 9.20. The van der Waals surface area contributed by atoms with Crippen LogP contribution in [0.5, 0.6) is 0 Å². The van der Waals surface area contributed by atoms with Gasteiger partial charge in [0, 0.05) is 68.1 Å². The minimum Gasteiger partial charge on any atom is -0.344 e. The van der Waals surface area contributed by atoms with E-state index >= 15 is 0 Å². The summed E-state index contributed by atoms with van der Waals surface area (Å²) in [6.45, 7) is 6.33. The van der Waals surface area contributed by atoms with Crippen LogP contribution >= 0.6 is 11.8 Å². The molecule has 0 atom stereocenters. The van der Waals surface area contributed by atoms with Crippen LogP contribution in [0.1, 0.15) is 76.3 Å². The smallest absolute Gasteiger partial charge is 0.333 e. The monoisotopic (exact) mass is 868 g/mol. The van der Waals surface area contributed by atoms with Crippen LogP contribution in [0.2, 0.25) is 0 Å². The van der Waals surface area contributed by atoms with E-state index in [-0.39, 0.29) is 42.0 Å². The predicted molar refractivity (Wildman–Crippen MR) is 215 cm³/mol. The molecule has 312 valence electrons. The minimum absolute atomic E-state index is 0.000180. The van der Waals surface area contributed by atoms with E-state index in [0.29, 0.717) is 58.5 Å². The van der Waals surface area contributed by atoms with Crippen molar-refractivity contribution in [2.24, 2.45) is 4.99 Å². The van der Waals surface area contributed by atoms with Gasteiger partial charge in [-0.2, -0.15) is 16.8 Å². The van der Waals surface area contributed by atoms with Crippen molar-refractivity contribution in [2.45, 2.75) is 92.2 Å². The summed E-state index contributed by atoms with van der Waals surface area (Å²) in [5.41, 5.74) is 2.18. The maximum Gasteiger partial charge on any atom is 0.333 e. The number of benzene rings is 2. The molecule has 2 aliphatic rings. The Hall–Kier alpha value is -3.92. The van der Waals surface area contributed by atoms with E-state index in [2.05, 4.69) is 4.99 Å². The molecule has 2 aromatic rings. The molecule has 2 aromatic carbocycles. The normalized spacial score (nSPS) is 17.1. The van der Waals surface area contributed by atoms with Gasteiger partial charge >= 0.3 is 5.97 Å². The number of sulfonamides is 1. The second kappa shape index (κ2) is 18.8. The summed E-state index contributed by atoms with van der Waals surface area (Å²) < 4.78 is 92.5. The van der Waals surface area contributed by atoms with E-state index in [1.165, 1.54) is 44.1 Å². The SMILES string of the molecule is Cc1ccc(S(=O)(=O)N(C)C)cc1SC(/C=C/C=C1/N(CCCCCC(=O)ON2C(=O)CCC2=O)c2ccc(S(=O)(=O)O)cc2C1(C)C)=NCCCCS(=O)(=O)O. The molecule has 0 aliphatic carbocycles. The van der Waals surface area contributed by atoms with E-state index in [9.17, 15) is 44.2 Å². The van der Waals surface area contributed by atoms with E-state index in [0.717, 1.165) is 15.6 Å². The van der Waals surface area contributed by atoms with Crippen LogP contribution in [0.25, 0.3) is 0 Å². The van der Waals surface area contributed by atoms with Gasteiger partial charge in [0.2, 0.25) is 10.0 Å². The van der Waals surface area contributed by atoms with Crippen molar-refractivity contribution in [3.63, 3.8) is 0 Å². The van der Waals surface area contributed by atoms with Gasteiger partial charge in [-0.15, -0.1) is 5.06 Å². The van der Waals surface area contributed by atoms with Crippen LogP contribution < -0.4 is 4.90 Å². The minimum atomic E-state index is -4.51. The third-order valence-corrected chi connectivity index (χ3v) is 13.9. The van der Waals surface area contributed by atoms with Crippen molar-refractivity contribution in [3.05, 3.63) is 71.5 Å². The Morgan fingerprint density at radius 1 is 0.930 bits per heavy atom.